The van der Waals surface area contributed by atoms with Gasteiger partial charge in [-0.15, -0.1) is 0 Å². The van der Waals surface area contributed by atoms with Gasteiger partial charge in [0.25, 0.3) is 5.91 Å². The van der Waals surface area contributed by atoms with Crippen LogP contribution in [0.5, 0.6) is 5.75 Å². The van der Waals surface area contributed by atoms with E-state index in [1.807, 2.05) is 24.3 Å². The van der Waals surface area contributed by atoms with E-state index in [1.54, 1.807) is 14.2 Å². The second-order valence-electron chi connectivity index (χ2n) is 4.96. The summed E-state index contributed by atoms with van der Waals surface area (Å²) < 4.78 is 10.4. The van der Waals surface area contributed by atoms with Crippen molar-refractivity contribution in [3.05, 3.63) is 29.8 Å². The molecule has 1 rings (SSSR count). The second kappa shape index (κ2) is 10.8. The third kappa shape index (κ3) is 7.80. The van der Waals surface area contributed by atoms with Crippen LogP contribution in [-0.4, -0.2) is 49.9 Å². The second-order valence-corrected chi connectivity index (χ2v) is 5.35. The summed E-state index contributed by atoms with van der Waals surface area (Å²) in [6, 6.07) is 7.69. The smallest absolute Gasteiger partial charge is 0.276 e. The maximum absolute atomic E-state index is 11.8. The molecule has 0 radical (unpaired) electrons. The zero-order valence-electron chi connectivity index (χ0n) is 13.9. The molecular formula is C16H25N3O3S. The summed E-state index contributed by atoms with van der Waals surface area (Å²) in [4.78, 5) is 11.8. The molecule has 128 valence electrons. The number of hydrazine groups is 1. The Morgan fingerprint density at radius 1 is 1.30 bits per heavy atom. The lowest BCUT2D eigenvalue weighted by atomic mass is 10.2. The van der Waals surface area contributed by atoms with E-state index in [2.05, 4.69) is 17.7 Å². The molecular weight excluding hydrogens is 314 g/mol. The molecule has 6 nitrogen and oxygen atoms in total. The van der Waals surface area contributed by atoms with E-state index in [0.717, 1.165) is 12.8 Å². The number of nitrogens with one attached hydrogen (secondary N) is 2. The molecule has 0 unspecified atom stereocenters. The molecule has 23 heavy (non-hydrogen) atoms. The molecule has 0 bridgehead atoms. The molecule has 0 saturated carbocycles. The van der Waals surface area contributed by atoms with Crippen LogP contribution in [0.3, 0.4) is 0 Å². The fraction of sp³-hybridized carbons (Fsp3) is 0.500. The molecule has 1 aromatic rings. The minimum Gasteiger partial charge on any atom is -0.484 e. The number of hydrogen-bond donors (Lipinski definition) is 2. The Bertz CT molecular complexity index is 494. The third-order valence-corrected chi connectivity index (χ3v) is 3.52. The summed E-state index contributed by atoms with van der Waals surface area (Å²) in [5.74, 6) is 0.397. The molecule has 0 saturated heterocycles. The quantitative estimate of drug-likeness (QED) is 0.425. The van der Waals surface area contributed by atoms with Crippen molar-refractivity contribution < 1.29 is 14.3 Å². The SMILES string of the molecule is CCc1ccc(OCC(=O)NN(C)C(=S)NCCCOC)cc1. The highest BCUT2D eigenvalue weighted by Gasteiger charge is 2.09. The lowest BCUT2D eigenvalue weighted by Crippen LogP contribution is -2.49. The molecule has 2 N–H and O–H groups in total. The van der Waals surface area contributed by atoms with Gasteiger partial charge in [-0.25, -0.2) is 0 Å². The fourth-order valence-corrected chi connectivity index (χ4v) is 1.92. The Morgan fingerprint density at radius 2 is 2.00 bits per heavy atom. The van der Waals surface area contributed by atoms with Crippen LogP contribution in [0, 0.1) is 0 Å². The van der Waals surface area contributed by atoms with Gasteiger partial charge in [0.1, 0.15) is 5.75 Å². The first-order chi connectivity index (χ1) is 11.1. The van der Waals surface area contributed by atoms with E-state index in [0.29, 0.717) is 24.0 Å². The minimum absolute atomic E-state index is 0.0674. The summed E-state index contributed by atoms with van der Waals surface area (Å²) in [5, 5.41) is 4.94. The van der Waals surface area contributed by atoms with Crippen molar-refractivity contribution in [1.82, 2.24) is 15.8 Å². The van der Waals surface area contributed by atoms with Crippen LogP contribution < -0.4 is 15.5 Å². The summed E-state index contributed by atoms with van der Waals surface area (Å²) in [6.07, 6.45) is 1.82. The topological polar surface area (TPSA) is 62.8 Å². The number of methoxy groups -OCH3 is 1. The van der Waals surface area contributed by atoms with E-state index in [4.69, 9.17) is 21.7 Å². The van der Waals surface area contributed by atoms with Crippen molar-refractivity contribution in [1.29, 1.82) is 0 Å². The molecule has 1 amide bonds. The van der Waals surface area contributed by atoms with Crippen molar-refractivity contribution in [3.8, 4) is 5.75 Å². The van der Waals surface area contributed by atoms with Gasteiger partial charge in [-0.3, -0.25) is 15.2 Å². The zero-order valence-corrected chi connectivity index (χ0v) is 14.7. The van der Waals surface area contributed by atoms with Crippen molar-refractivity contribution >= 4 is 23.2 Å². The third-order valence-electron chi connectivity index (χ3n) is 3.10. The molecule has 0 aliphatic rings. The number of ether oxygens (including phenoxy) is 2. The first-order valence-electron chi connectivity index (χ1n) is 7.58. The number of carbonyl (C=O) groups excluding carboxylic acids is 1. The highest BCUT2D eigenvalue weighted by atomic mass is 32.1. The average molecular weight is 339 g/mol. The number of thiocarbonyl (C=S) groups is 1. The van der Waals surface area contributed by atoms with Crippen LogP contribution in [-0.2, 0) is 16.0 Å². The molecule has 0 atom stereocenters. The van der Waals surface area contributed by atoms with Crippen molar-refractivity contribution in [2.75, 3.05) is 33.9 Å². The Labute approximate surface area is 143 Å². The maximum atomic E-state index is 11.8. The van der Waals surface area contributed by atoms with Gasteiger partial charge in [-0.2, -0.15) is 0 Å². The van der Waals surface area contributed by atoms with E-state index in [9.17, 15) is 4.79 Å². The van der Waals surface area contributed by atoms with Gasteiger partial charge >= 0.3 is 0 Å². The number of carbonyl (C=O) groups is 1. The van der Waals surface area contributed by atoms with E-state index < -0.39 is 0 Å². The number of nitrogens with zero attached hydrogens (tertiary/aromatic N) is 1. The Morgan fingerprint density at radius 3 is 2.61 bits per heavy atom. The Kier molecular flexibility index (Phi) is 9.01. The lowest BCUT2D eigenvalue weighted by Gasteiger charge is -2.21. The largest absolute Gasteiger partial charge is 0.484 e. The molecule has 0 heterocycles. The van der Waals surface area contributed by atoms with Gasteiger partial charge in [0.15, 0.2) is 11.7 Å². The first-order valence-corrected chi connectivity index (χ1v) is 7.99. The zero-order chi connectivity index (χ0) is 17.1. The Hall–Kier alpha value is -1.86. The first kappa shape index (κ1) is 19.2. The van der Waals surface area contributed by atoms with Crippen molar-refractivity contribution in [3.63, 3.8) is 0 Å². The van der Waals surface area contributed by atoms with Gasteiger partial charge in [-0.05, 0) is 42.8 Å². The average Bonchev–Trinajstić information content (AvgIpc) is 2.57. The monoisotopic (exact) mass is 339 g/mol. The summed E-state index contributed by atoms with van der Waals surface area (Å²) in [5.41, 5.74) is 3.88. The molecule has 0 aliphatic carbocycles. The normalized spacial score (nSPS) is 10.0. The predicted molar refractivity (Wildman–Crippen MR) is 94.3 cm³/mol. The van der Waals surface area contributed by atoms with E-state index >= 15 is 0 Å². The molecule has 0 aliphatic heterocycles. The highest BCUT2D eigenvalue weighted by Crippen LogP contribution is 2.12. The standard InChI is InChI=1S/C16H25N3O3S/c1-4-13-6-8-14(9-7-13)22-12-15(20)18-19(2)16(23)17-10-5-11-21-3/h6-9H,4-5,10-12H2,1-3H3,(H,17,23)(H,18,20). The van der Waals surface area contributed by atoms with Gasteiger partial charge in [-0.1, -0.05) is 19.1 Å². The van der Waals surface area contributed by atoms with Crippen molar-refractivity contribution in [2.24, 2.45) is 0 Å². The highest BCUT2D eigenvalue weighted by molar-refractivity contribution is 7.80. The van der Waals surface area contributed by atoms with Gasteiger partial charge in [0.2, 0.25) is 0 Å². The van der Waals surface area contributed by atoms with Crippen LogP contribution in [0.1, 0.15) is 18.9 Å². The van der Waals surface area contributed by atoms with Crippen LogP contribution >= 0.6 is 12.2 Å². The number of benzene rings is 1. The minimum atomic E-state index is -0.270. The maximum Gasteiger partial charge on any atom is 0.276 e. The lowest BCUT2D eigenvalue weighted by molar-refractivity contribution is -0.126. The number of hydrogen-bond acceptors (Lipinski definition) is 4. The van der Waals surface area contributed by atoms with E-state index in [1.165, 1.54) is 10.6 Å². The number of amides is 1. The van der Waals surface area contributed by atoms with Crippen molar-refractivity contribution in [2.45, 2.75) is 19.8 Å². The van der Waals surface area contributed by atoms with Crippen LogP contribution in [0.4, 0.5) is 0 Å². The number of aryl methyl sites for hydroxylation is 1. The Balaban J connectivity index is 2.27. The van der Waals surface area contributed by atoms with Gasteiger partial charge < -0.3 is 14.8 Å². The number of rotatable bonds is 8. The molecule has 0 spiro atoms. The molecule has 0 aromatic heterocycles. The van der Waals surface area contributed by atoms with E-state index in [-0.39, 0.29) is 12.5 Å². The molecule has 7 heteroatoms. The molecule has 0 fully saturated rings. The summed E-state index contributed by atoms with van der Waals surface area (Å²) >= 11 is 5.17. The molecule has 1 aromatic carbocycles. The van der Waals surface area contributed by atoms with Gasteiger partial charge in [0, 0.05) is 27.3 Å². The van der Waals surface area contributed by atoms with Gasteiger partial charge in [0.05, 0.1) is 0 Å². The summed E-state index contributed by atoms with van der Waals surface area (Å²) in [6.45, 7) is 3.37. The van der Waals surface area contributed by atoms with Crippen LogP contribution in [0.15, 0.2) is 24.3 Å². The predicted octanol–water partition coefficient (Wildman–Crippen LogP) is 1.50. The van der Waals surface area contributed by atoms with Crippen LogP contribution in [0.25, 0.3) is 0 Å². The summed E-state index contributed by atoms with van der Waals surface area (Å²) in [7, 11) is 3.33. The van der Waals surface area contributed by atoms with Crippen LogP contribution in [0.2, 0.25) is 0 Å². The fourth-order valence-electron chi connectivity index (χ4n) is 1.77.